The molecule has 0 aromatic carbocycles. The number of pyridine rings is 1. The van der Waals surface area contributed by atoms with Crippen LogP contribution in [0.4, 0.5) is 8.78 Å². The molecular formula is C9H10F2N2O3. The number of ether oxygens (including phenoxy) is 1. The maximum atomic E-state index is 12.6. The van der Waals surface area contributed by atoms with E-state index in [0.717, 1.165) is 6.07 Å². The van der Waals surface area contributed by atoms with Crippen LogP contribution < -0.4 is 10.5 Å². The number of aromatic carboxylic acids is 1. The summed E-state index contributed by atoms with van der Waals surface area (Å²) < 4.78 is 29.8. The molecule has 0 bridgehead atoms. The third kappa shape index (κ3) is 2.25. The molecule has 0 spiro atoms. The smallest absolute Gasteiger partial charge is 0.358 e. The van der Waals surface area contributed by atoms with Crippen molar-refractivity contribution in [2.24, 2.45) is 5.73 Å². The number of carboxylic acid groups (broad SMARTS) is 1. The first kappa shape index (κ1) is 12.3. The summed E-state index contributed by atoms with van der Waals surface area (Å²) in [4.78, 5) is 14.3. The lowest BCUT2D eigenvalue weighted by Gasteiger charge is -2.10. The highest BCUT2D eigenvalue weighted by Gasteiger charge is 2.21. The van der Waals surface area contributed by atoms with E-state index >= 15 is 0 Å². The van der Waals surface area contributed by atoms with Crippen molar-refractivity contribution >= 4 is 5.97 Å². The molecule has 0 fully saturated rings. The van der Waals surface area contributed by atoms with Gasteiger partial charge in [0.15, 0.2) is 11.4 Å². The number of hydrogen-bond donors (Lipinski definition) is 2. The van der Waals surface area contributed by atoms with Crippen molar-refractivity contribution in [2.75, 3.05) is 7.11 Å². The summed E-state index contributed by atoms with van der Waals surface area (Å²) in [5, 5.41) is 8.78. The van der Waals surface area contributed by atoms with Crippen LogP contribution in [-0.2, 0) is 6.54 Å². The van der Waals surface area contributed by atoms with Gasteiger partial charge in [0, 0.05) is 12.1 Å². The molecule has 3 N–H and O–H groups in total. The van der Waals surface area contributed by atoms with E-state index in [-0.39, 0.29) is 18.0 Å². The third-order valence-electron chi connectivity index (χ3n) is 1.95. The number of methoxy groups -OCH3 is 1. The molecule has 0 atom stereocenters. The van der Waals surface area contributed by atoms with Crippen LogP contribution in [0.2, 0.25) is 0 Å². The number of rotatable bonds is 4. The Morgan fingerprint density at radius 3 is 2.69 bits per heavy atom. The van der Waals surface area contributed by atoms with Crippen LogP contribution in [0.3, 0.4) is 0 Å². The normalized spacial score (nSPS) is 10.6. The minimum atomic E-state index is -2.78. The van der Waals surface area contributed by atoms with Crippen LogP contribution in [0, 0.1) is 0 Å². The summed E-state index contributed by atoms with van der Waals surface area (Å²) in [6, 6.07) is 0.948. The molecule has 0 aliphatic carbocycles. The zero-order chi connectivity index (χ0) is 12.3. The molecule has 88 valence electrons. The first-order chi connectivity index (χ1) is 7.51. The second kappa shape index (κ2) is 4.84. The number of aromatic nitrogens is 1. The highest BCUT2D eigenvalue weighted by molar-refractivity contribution is 5.88. The summed E-state index contributed by atoms with van der Waals surface area (Å²) in [6.45, 7) is -0.260. The summed E-state index contributed by atoms with van der Waals surface area (Å²) in [7, 11) is 1.18. The zero-order valence-electron chi connectivity index (χ0n) is 8.41. The molecule has 0 saturated carbocycles. The largest absolute Gasteiger partial charge is 0.494 e. The molecule has 5 nitrogen and oxygen atoms in total. The molecule has 1 aromatic heterocycles. The quantitative estimate of drug-likeness (QED) is 0.814. The predicted molar refractivity (Wildman–Crippen MR) is 50.6 cm³/mol. The van der Waals surface area contributed by atoms with Gasteiger partial charge in [0.05, 0.1) is 12.8 Å². The topological polar surface area (TPSA) is 85.4 Å². The minimum absolute atomic E-state index is 0.145. The number of carboxylic acids is 1. The lowest BCUT2D eigenvalue weighted by atomic mass is 10.1. The van der Waals surface area contributed by atoms with Gasteiger partial charge in [-0.2, -0.15) is 0 Å². The van der Waals surface area contributed by atoms with Gasteiger partial charge in [0.25, 0.3) is 6.43 Å². The van der Waals surface area contributed by atoms with Gasteiger partial charge in [-0.3, -0.25) is 0 Å². The Bertz CT molecular complexity index is 410. The molecule has 1 aromatic rings. The van der Waals surface area contributed by atoms with Crippen LogP contribution in [0.1, 0.15) is 28.2 Å². The lowest BCUT2D eigenvalue weighted by molar-refractivity contribution is 0.0685. The SMILES string of the molecule is COc1cc(C(F)F)c(CN)nc1C(=O)O. The Morgan fingerprint density at radius 2 is 2.31 bits per heavy atom. The van der Waals surface area contributed by atoms with Crippen molar-refractivity contribution < 1.29 is 23.4 Å². The van der Waals surface area contributed by atoms with Gasteiger partial charge in [-0.25, -0.2) is 18.6 Å². The van der Waals surface area contributed by atoms with Crippen molar-refractivity contribution in [3.8, 4) is 5.75 Å². The van der Waals surface area contributed by atoms with Gasteiger partial charge >= 0.3 is 5.97 Å². The fourth-order valence-electron chi connectivity index (χ4n) is 1.21. The Kier molecular flexibility index (Phi) is 3.73. The van der Waals surface area contributed by atoms with Crippen molar-refractivity contribution in [1.29, 1.82) is 0 Å². The molecule has 0 aliphatic rings. The average Bonchev–Trinajstić information content (AvgIpc) is 2.26. The van der Waals surface area contributed by atoms with Gasteiger partial charge in [-0.1, -0.05) is 0 Å². The van der Waals surface area contributed by atoms with Gasteiger partial charge in [-0.05, 0) is 6.07 Å². The van der Waals surface area contributed by atoms with Gasteiger partial charge < -0.3 is 15.6 Å². The van der Waals surface area contributed by atoms with Crippen LogP contribution in [-0.4, -0.2) is 23.2 Å². The fourth-order valence-corrected chi connectivity index (χ4v) is 1.21. The third-order valence-corrected chi connectivity index (χ3v) is 1.95. The monoisotopic (exact) mass is 232 g/mol. The maximum absolute atomic E-state index is 12.6. The van der Waals surface area contributed by atoms with E-state index in [9.17, 15) is 13.6 Å². The van der Waals surface area contributed by atoms with Crippen LogP contribution in [0.5, 0.6) is 5.75 Å². The highest BCUT2D eigenvalue weighted by atomic mass is 19.3. The standard InChI is InChI=1S/C9H10F2N2O3/c1-16-6-2-4(8(10)11)5(3-12)13-7(6)9(14)15/h2,8H,3,12H2,1H3,(H,14,15). The molecule has 7 heteroatoms. The Morgan fingerprint density at radius 1 is 1.69 bits per heavy atom. The van der Waals surface area contributed by atoms with E-state index in [1.54, 1.807) is 0 Å². The van der Waals surface area contributed by atoms with Crippen molar-refractivity contribution in [3.63, 3.8) is 0 Å². The Labute approximate surface area is 89.9 Å². The Hall–Kier alpha value is -1.76. The van der Waals surface area contributed by atoms with Crippen molar-refractivity contribution in [1.82, 2.24) is 4.98 Å². The maximum Gasteiger partial charge on any atom is 0.358 e. The van der Waals surface area contributed by atoms with E-state index < -0.39 is 23.7 Å². The Balaban J connectivity index is 3.40. The predicted octanol–water partition coefficient (Wildman–Crippen LogP) is 1.18. The van der Waals surface area contributed by atoms with E-state index in [1.165, 1.54) is 7.11 Å². The number of halogens is 2. The van der Waals surface area contributed by atoms with Gasteiger partial charge in [0.1, 0.15) is 0 Å². The number of nitrogens with zero attached hydrogens (tertiary/aromatic N) is 1. The van der Waals surface area contributed by atoms with E-state index in [2.05, 4.69) is 9.72 Å². The second-order valence-corrected chi connectivity index (χ2v) is 2.89. The van der Waals surface area contributed by atoms with Crippen molar-refractivity contribution in [2.45, 2.75) is 13.0 Å². The fraction of sp³-hybridized carbons (Fsp3) is 0.333. The molecule has 0 amide bonds. The van der Waals surface area contributed by atoms with E-state index in [0.29, 0.717) is 0 Å². The molecule has 0 aliphatic heterocycles. The van der Waals surface area contributed by atoms with E-state index in [1.807, 2.05) is 0 Å². The van der Waals surface area contributed by atoms with Crippen LogP contribution >= 0.6 is 0 Å². The molecule has 0 unspecified atom stereocenters. The van der Waals surface area contributed by atoms with Crippen LogP contribution in [0.25, 0.3) is 0 Å². The number of hydrogen-bond acceptors (Lipinski definition) is 4. The van der Waals surface area contributed by atoms with Gasteiger partial charge in [0.2, 0.25) is 0 Å². The highest BCUT2D eigenvalue weighted by Crippen LogP contribution is 2.27. The second-order valence-electron chi connectivity index (χ2n) is 2.89. The van der Waals surface area contributed by atoms with E-state index in [4.69, 9.17) is 10.8 Å². The molecular weight excluding hydrogens is 222 g/mol. The number of nitrogens with two attached hydrogens (primary N) is 1. The summed E-state index contributed by atoms with van der Waals surface area (Å²) in [5.41, 5.74) is 4.24. The summed E-state index contributed by atoms with van der Waals surface area (Å²) >= 11 is 0. The van der Waals surface area contributed by atoms with Gasteiger partial charge in [-0.15, -0.1) is 0 Å². The summed E-state index contributed by atoms with van der Waals surface area (Å²) in [6.07, 6.45) is -2.78. The molecule has 16 heavy (non-hydrogen) atoms. The zero-order valence-corrected chi connectivity index (χ0v) is 8.41. The first-order valence-electron chi connectivity index (χ1n) is 4.30. The summed E-state index contributed by atoms with van der Waals surface area (Å²) in [5.74, 6) is -1.56. The van der Waals surface area contributed by atoms with Crippen LogP contribution in [0.15, 0.2) is 6.07 Å². The minimum Gasteiger partial charge on any atom is -0.494 e. The number of carbonyl (C=O) groups is 1. The average molecular weight is 232 g/mol. The molecule has 1 rings (SSSR count). The van der Waals surface area contributed by atoms with Crippen molar-refractivity contribution in [3.05, 3.63) is 23.0 Å². The number of alkyl halides is 2. The molecule has 0 saturated heterocycles. The molecule has 1 heterocycles. The lowest BCUT2D eigenvalue weighted by Crippen LogP contribution is -2.12. The first-order valence-corrected chi connectivity index (χ1v) is 4.30. The molecule has 0 radical (unpaired) electrons.